The highest BCUT2D eigenvalue weighted by Crippen LogP contribution is 2.24. The second-order valence-electron chi connectivity index (χ2n) is 4.50. The number of carboxylic acid groups (broad SMARTS) is 1. The molecule has 3 rings (SSSR count). The van der Waals surface area contributed by atoms with E-state index in [0.29, 0.717) is 5.92 Å². The predicted octanol–water partition coefficient (Wildman–Crippen LogP) is 1.65. The van der Waals surface area contributed by atoms with Crippen molar-refractivity contribution in [1.82, 2.24) is 15.3 Å². The third-order valence-electron chi connectivity index (χ3n) is 3.13. The van der Waals surface area contributed by atoms with Crippen LogP contribution < -0.4 is 11.1 Å². The van der Waals surface area contributed by atoms with Gasteiger partial charge in [-0.25, -0.2) is 9.78 Å². The first-order valence-corrected chi connectivity index (χ1v) is 6.30. The van der Waals surface area contributed by atoms with Gasteiger partial charge in [0.1, 0.15) is 5.82 Å². The number of amides is 1. The lowest BCUT2D eigenvalue weighted by molar-refractivity contribution is 0.205. The number of nitrogens with zero attached hydrogens (tertiary/aromatic N) is 1. The summed E-state index contributed by atoms with van der Waals surface area (Å²) in [6, 6.07) is 8.24. The van der Waals surface area contributed by atoms with Crippen LogP contribution in [0.1, 0.15) is 24.6 Å². The minimum Gasteiger partial charge on any atom is -0.465 e. The predicted molar refractivity (Wildman–Crippen MR) is 73.2 cm³/mol. The van der Waals surface area contributed by atoms with Crippen LogP contribution in [0.3, 0.4) is 0 Å². The Morgan fingerprint density at radius 3 is 2.58 bits per heavy atom. The van der Waals surface area contributed by atoms with Gasteiger partial charge in [-0.3, -0.25) is 0 Å². The van der Waals surface area contributed by atoms with Crippen molar-refractivity contribution in [2.45, 2.75) is 18.8 Å². The summed E-state index contributed by atoms with van der Waals surface area (Å²) in [5.41, 5.74) is 6.28. The van der Waals surface area contributed by atoms with Gasteiger partial charge in [-0.2, -0.15) is 0 Å². The number of piperidine rings is 1. The van der Waals surface area contributed by atoms with Gasteiger partial charge in [0.05, 0.1) is 11.0 Å². The molecule has 0 unspecified atom stereocenters. The number of aromatic amines is 1. The maximum Gasteiger partial charge on any atom is 0.402 e. The fourth-order valence-electron chi connectivity index (χ4n) is 2.26. The molecule has 6 heteroatoms. The van der Waals surface area contributed by atoms with Crippen LogP contribution in [0.2, 0.25) is 0 Å². The van der Waals surface area contributed by atoms with Crippen LogP contribution in [0.5, 0.6) is 0 Å². The fourth-order valence-corrected chi connectivity index (χ4v) is 2.26. The van der Waals surface area contributed by atoms with Gasteiger partial charge in [0.25, 0.3) is 0 Å². The number of hydrogen-bond donors (Lipinski definition) is 4. The zero-order chi connectivity index (χ0) is 13.7. The molecule has 5 N–H and O–H groups in total. The lowest BCUT2D eigenvalue weighted by atomic mass is 9.98. The summed E-state index contributed by atoms with van der Waals surface area (Å²) in [6.45, 7) is 2.23. The van der Waals surface area contributed by atoms with Crippen molar-refractivity contribution in [3.63, 3.8) is 0 Å². The molecule has 102 valence electrons. The Kier molecular flexibility index (Phi) is 4.35. The van der Waals surface area contributed by atoms with Crippen LogP contribution in [-0.4, -0.2) is 34.3 Å². The number of fused-ring (bicyclic) bond motifs is 1. The van der Waals surface area contributed by atoms with Crippen molar-refractivity contribution in [3.8, 4) is 0 Å². The van der Waals surface area contributed by atoms with Crippen molar-refractivity contribution in [2.24, 2.45) is 5.73 Å². The molecule has 0 aliphatic carbocycles. The molecule has 1 aliphatic rings. The zero-order valence-corrected chi connectivity index (χ0v) is 10.6. The molecular weight excluding hydrogens is 244 g/mol. The number of hydrogen-bond acceptors (Lipinski definition) is 3. The van der Waals surface area contributed by atoms with Crippen molar-refractivity contribution >= 4 is 17.1 Å². The van der Waals surface area contributed by atoms with Crippen molar-refractivity contribution in [3.05, 3.63) is 30.1 Å². The number of rotatable bonds is 1. The highest BCUT2D eigenvalue weighted by molar-refractivity contribution is 5.74. The number of para-hydroxylation sites is 2. The number of carbonyl (C=O) groups is 1. The molecule has 0 radical (unpaired) electrons. The first kappa shape index (κ1) is 13.4. The van der Waals surface area contributed by atoms with Gasteiger partial charge in [-0.15, -0.1) is 0 Å². The molecule has 2 aromatic rings. The van der Waals surface area contributed by atoms with E-state index in [1.165, 1.54) is 12.8 Å². The Morgan fingerprint density at radius 1 is 1.32 bits per heavy atom. The molecule has 1 amide bonds. The van der Waals surface area contributed by atoms with Crippen LogP contribution >= 0.6 is 0 Å². The molecule has 1 aliphatic heterocycles. The molecule has 0 saturated carbocycles. The number of nitrogens with two attached hydrogens (primary N) is 1. The standard InChI is InChI=1S/C12H15N3.CH3NO2/c1-2-4-11-10(3-1)14-12(15-11)9-5-7-13-8-6-9;2-1(3)4/h1-4,9,13H,5-8H2,(H,14,15);2H2,(H,3,4). The van der Waals surface area contributed by atoms with E-state index in [-0.39, 0.29) is 0 Å². The van der Waals surface area contributed by atoms with E-state index in [2.05, 4.69) is 33.2 Å². The highest BCUT2D eigenvalue weighted by Gasteiger charge is 2.18. The third kappa shape index (κ3) is 3.69. The number of nitrogens with one attached hydrogen (secondary N) is 2. The Bertz CT molecular complexity index is 509. The van der Waals surface area contributed by atoms with Crippen LogP contribution in [-0.2, 0) is 0 Å². The van der Waals surface area contributed by atoms with Crippen LogP contribution in [0.25, 0.3) is 11.0 Å². The van der Waals surface area contributed by atoms with Crippen LogP contribution in [0.4, 0.5) is 4.79 Å². The topological polar surface area (TPSA) is 104 Å². The number of H-pyrrole nitrogens is 1. The van der Waals surface area contributed by atoms with Gasteiger partial charge in [0, 0.05) is 5.92 Å². The quantitative estimate of drug-likeness (QED) is 0.627. The van der Waals surface area contributed by atoms with E-state index >= 15 is 0 Å². The Morgan fingerprint density at radius 2 is 1.95 bits per heavy atom. The van der Waals surface area contributed by atoms with Gasteiger partial charge < -0.3 is 21.1 Å². The van der Waals surface area contributed by atoms with Gasteiger partial charge in [-0.05, 0) is 38.1 Å². The lowest BCUT2D eigenvalue weighted by Gasteiger charge is -2.20. The second-order valence-corrected chi connectivity index (χ2v) is 4.50. The molecule has 1 aromatic carbocycles. The third-order valence-corrected chi connectivity index (χ3v) is 3.13. The summed E-state index contributed by atoms with van der Waals surface area (Å²) in [5.74, 6) is 1.77. The van der Waals surface area contributed by atoms with E-state index in [0.717, 1.165) is 29.9 Å². The highest BCUT2D eigenvalue weighted by atomic mass is 16.4. The Hall–Kier alpha value is -2.08. The van der Waals surface area contributed by atoms with E-state index < -0.39 is 6.09 Å². The monoisotopic (exact) mass is 262 g/mol. The number of primary amides is 1. The number of imidazole rings is 1. The summed E-state index contributed by atoms with van der Waals surface area (Å²) in [6.07, 6.45) is 1.06. The smallest absolute Gasteiger partial charge is 0.402 e. The zero-order valence-electron chi connectivity index (χ0n) is 10.6. The minimum absolute atomic E-state index is 0.610. The lowest BCUT2D eigenvalue weighted by Crippen LogP contribution is -2.27. The molecule has 6 nitrogen and oxygen atoms in total. The molecule has 1 fully saturated rings. The van der Waals surface area contributed by atoms with Crippen molar-refractivity contribution < 1.29 is 9.90 Å². The number of aromatic nitrogens is 2. The number of benzene rings is 1. The summed E-state index contributed by atoms with van der Waals surface area (Å²) in [5, 5.41) is 10.6. The molecule has 0 atom stereocenters. The van der Waals surface area contributed by atoms with E-state index in [9.17, 15) is 0 Å². The molecule has 2 heterocycles. The largest absolute Gasteiger partial charge is 0.465 e. The average molecular weight is 262 g/mol. The van der Waals surface area contributed by atoms with Gasteiger partial charge in [0.15, 0.2) is 0 Å². The first-order valence-electron chi connectivity index (χ1n) is 6.30. The Balaban J connectivity index is 0.000000297. The normalized spacial score (nSPS) is 15.8. The van der Waals surface area contributed by atoms with E-state index in [1.54, 1.807) is 0 Å². The van der Waals surface area contributed by atoms with Crippen molar-refractivity contribution in [1.29, 1.82) is 0 Å². The van der Waals surface area contributed by atoms with Crippen LogP contribution in [0.15, 0.2) is 24.3 Å². The summed E-state index contributed by atoms with van der Waals surface area (Å²) in [4.78, 5) is 16.9. The fraction of sp³-hybridized carbons (Fsp3) is 0.385. The molecular formula is C13H18N4O2. The summed E-state index contributed by atoms with van der Waals surface area (Å²) >= 11 is 0. The molecule has 19 heavy (non-hydrogen) atoms. The minimum atomic E-state index is -1.33. The maximum absolute atomic E-state index is 8.78. The van der Waals surface area contributed by atoms with E-state index in [4.69, 9.17) is 9.90 Å². The van der Waals surface area contributed by atoms with E-state index in [1.807, 2.05) is 12.1 Å². The second kappa shape index (κ2) is 6.19. The first-order chi connectivity index (χ1) is 9.16. The summed E-state index contributed by atoms with van der Waals surface area (Å²) < 4.78 is 0. The molecule has 1 aromatic heterocycles. The van der Waals surface area contributed by atoms with Crippen LogP contribution in [0, 0.1) is 0 Å². The average Bonchev–Trinajstić information content (AvgIpc) is 2.83. The van der Waals surface area contributed by atoms with Gasteiger partial charge >= 0.3 is 6.09 Å². The molecule has 1 saturated heterocycles. The molecule has 0 bridgehead atoms. The van der Waals surface area contributed by atoms with Crippen molar-refractivity contribution in [2.75, 3.05) is 13.1 Å². The SMILES string of the molecule is NC(=O)O.c1ccc2[nH]c(C3CCNCC3)nc2c1. The Labute approximate surface area is 111 Å². The van der Waals surface area contributed by atoms with Gasteiger partial charge in [0.2, 0.25) is 0 Å². The maximum atomic E-state index is 8.78. The molecule has 0 spiro atoms. The summed E-state index contributed by atoms with van der Waals surface area (Å²) in [7, 11) is 0. The van der Waals surface area contributed by atoms with Gasteiger partial charge in [-0.1, -0.05) is 12.1 Å².